The van der Waals surface area contributed by atoms with E-state index in [9.17, 15) is 5.11 Å². The summed E-state index contributed by atoms with van der Waals surface area (Å²) < 4.78 is 13.3. The molecule has 0 spiro atoms. The van der Waals surface area contributed by atoms with Crippen molar-refractivity contribution in [2.24, 2.45) is 0 Å². The van der Waals surface area contributed by atoms with Crippen LogP contribution in [-0.2, 0) is 6.61 Å². The lowest BCUT2D eigenvalue weighted by Crippen LogP contribution is -2.33. The average Bonchev–Trinajstić information content (AvgIpc) is 3.22. The van der Waals surface area contributed by atoms with E-state index in [2.05, 4.69) is 34.1 Å². The van der Waals surface area contributed by atoms with Crippen molar-refractivity contribution in [1.82, 2.24) is 9.88 Å². The molecule has 0 radical (unpaired) electrons. The van der Waals surface area contributed by atoms with Gasteiger partial charge in [-0.25, -0.2) is 0 Å². The number of fused-ring (bicyclic) bond motifs is 1. The Morgan fingerprint density at radius 2 is 1.66 bits per heavy atom. The highest BCUT2D eigenvalue weighted by molar-refractivity contribution is 7.59. The second kappa shape index (κ2) is 11.1. The molecule has 0 fully saturated rings. The van der Waals surface area contributed by atoms with Crippen molar-refractivity contribution in [3.63, 3.8) is 0 Å². The number of benzene rings is 3. The van der Waals surface area contributed by atoms with Gasteiger partial charge in [0, 0.05) is 23.6 Å². The van der Waals surface area contributed by atoms with Crippen molar-refractivity contribution in [3.05, 3.63) is 96.2 Å². The number of aliphatic hydroxyl groups is 1. The zero-order chi connectivity index (χ0) is 21.6. The minimum absolute atomic E-state index is 0. The summed E-state index contributed by atoms with van der Waals surface area (Å²) >= 11 is 0. The average molecular weight is 451 g/mol. The number of nitrogens with one attached hydrogen (secondary N) is 1. The second-order valence-corrected chi connectivity index (χ2v) is 7.56. The number of ether oxygens (including phenoxy) is 2. The van der Waals surface area contributed by atoms with Crippen LogP contribution in [0.5, 0.6) is 11.5 Å². The van der Waals surface area contributed by atoms with Crippen molar-refractivity contribution in [2.75, 3.05) is 20.7 Å². The Kier molecular flexibility index (Phi) is 8.22. The summed E-state index contributed by atoms with van der Waals surface area (Å²) in [5, 5.41) is 15.0. The van der Waals surface area contributed by atoms with Crippen LogP contribution in [0, 0.1) is 0 Å². The van der Waals surface area contributed by atoms with Crippen LogP contribution in [0.2, 0.25) is 0 Å². The smallest absolute Gasteiger partial charge is 0.120 e. The molecular formula is C26H30N2O3S. The summed E-state index contributed by atoms with van der Waals surface area (Å²) in [5.41, 5.74) is 3.21. The van der Waals surface area contributed by atoms with Gasteiger partial charge in [0.15, 0.2) is 0 Å². The molecule has 0 unspecified atom stereocenters. The molecule has 2 atom stereocenters. The maximum Gasteiger partial charge on any atom is 0.120 e. The topological polar surface area (TPSA) is 55.7 Å². The van der Waals surface area contributed by atoms with Gasteiger partial charge in [0.25, 0.3) is 0 Å². The van der Waals surface area contributed by atoms with E-state index in [1.807, 2.05) is 67.8 Å². The maximum atomic E-state index is 10.9. The lowest BCUT2D eigenvalue weighted by atomic mass is 10.0. The lowest BCUT2D eigenvalue weighted by molar-refractivity contribution is 0.132. The van der Waals surface area contributed by atoms with Crippen molar-refractivity contribution in [2.45, 2.75) is 18.8 Å². The van der Waals surface area contributed by atoms with Crippen molar-refractivity contribution < 1.29 is 14.6 Å². The zero-order valence-electron chi connectivity index (χ0n) is 18.4. The van der Waals surface area contributed by atoms with Gasteiger partial charge in [0.05, 0.1) is 19.3 Å². The molecule has 1 aromatic heterocycles. The highest BCUT2D eigenvalue weighted by Gasteiger charge is 2.23. The van der Waals surface area contributed by atoms with E-state index < -0.39 is 6.10 Å². The summed E-state index contributed by atoms with van der Waals surface area (Å²) in [5.74, 6) is 1.65. The van der Waals surface area contributed by atoms with Gasteiger partial charge in [-0.05, 0) is 54.6 Å². The van der Waals surface area contributed by atoms with Gasteiger partial charge in [-0.2, -0.15) is 13.5 Å². The molecule has 4 aromatic rings. The van der Waals surface area contributed by atoms with Crippen LogP contribution in [0.3, 0.4) is 0 Å². The van der Waals surface area contributed by atoms with E-state index in [1.54, 1.807) is 7.11 Å². The molecule has 168 valence electrons. The molecular weight excluding hydrogens is 420 g/mol. The van der Waals surface area contributed by atoms with E-state index in [-0.39, 0.29) is 19.5 Å². The Morgan fingerprint density at radius 1 is 0.938 bits per heavy atom. The normalized spacial score (nSPS) is 12.7. The van der Waals surface area contributed by atoms with E-state index in [1.165, 1.54) is 0 Å². The molecule has 0 aliphatic rings. The Hall–Kier alpha value is -2.93. The summed E-state index contributed by atoms with van der Waals surface area (Å²) in [6, 6.07) is 25.9. The van der Waals surface area contributed by atoms with Gasteiger partial charge in [-0.1, -0.05) is 42.5 Å². The molecule has 0 aliphatic carbocycles. The quantitative estimate of drug-likeness (QED) is 0.394. The minimum Gasteiger partial charge on any atom is -0.497 e. The summed E-state index contributed by atoms with van der Waals surface area (Å²) in [6.45, 7) is 0.992. The first-order valence-electron chi connectivity index (χ1n) is 10.4. The molecule has 0 amide bonds. The molecule has 5 nitrogen and oxygen atoms in total. The zero-order valence-corrected chi connectivity index (χ0v) is 19.4. The molecule has 2 N–H and O–H groups in total. The number of likely N-dealkylation sites (N-methyl/N-ethyl adjacent to an activating group) is 1. The van der Waals surface area contributed by atoms with Gasteiger partial charge in [-0.15, -0.1) is 0 Å². The molecule has 1 heterocycles. The van der Waals surface area contributed by atoms with Gasteiger partial charge in [0.2, 0.25) is 0 Å². The Labute approximate surface area is 196 Å². The van der Waals surface area contributed by atoms with Crippen molar-refractivity contribution in [1.29, 1.82) is 0 Å². The first-order valence-corrected chi connectivity index (χ1v) is 10.4. The first-order chi connectivity index (χ1) is 15.2. The second-order valence-electron chi connectivity index (χ2n) is 7.56. The van der Waals surface area contributed by atoms with Gasteiger partial charge >= 0.3 is 0 Å². The van der Waals surface area contributed by atoms with Gasteiger partial charge in [0.1, 0.15) is 18.1 Å². The van der Waals surface area contributed by atoms with Crippen LogP contribution < -0.4 is 14.8 Å². The Morgan fingerprint density at radius 3 is 2.34 bits per heavy atom. The fourth-order valence-electron chi connectivity index (χ4n) is 3.90. The van der Waals surface area contributed by atoms with Crippen LogP contribution in [-0.4, -0.2) is 36.5 Å². The van der Waals surface area contributed by atoms with Crippen LogP contribution >= 0.6 is 13.5 Å². The third kappa shape index (κ3) is 5.27. The molecule has 0 saturated carbocycles. The maximum absolute atomic E-state index is 10.9. The Bertz CT molecular complexity index is 1110. The van der Waals surface area contributed by atoms with Crippen LogP contribution in [0.4, 0.5) is 0 Å². The number of nitrogens with zero attached hydrogens (tertiary/aromatic N) is 1. The summed E-state index contributed by atoms with van der Waals surface area (Å²) in [6.07, 6.45) is 1.48. The molecule has 4 rings (SSSR count). The molecule has 0 saturated heterocycles. The number of methoxy groups -OCH3 is 1. The largest absolute Gasteiger partial charge is 0.497 e. The van der Waals surface area contributed by atoms with E-state index in [0.717, 1.165) is 33.5 Å². The minimum atomic E-state index is -0.561. The predicted molar refractivity (Wildman–Crippen MR) is 134 cm³/mol. The number of aromatic nitrogens is 1. The highest BCUT2D eigenvalue weighted by atomic mass is 32.1. The summed E-state index contributed by atoms with van der Waals surface area (Å²) in [4.78, 5) is 0. The standard InChI is InChI=1S/C26H28N2O3.H2S/c1-27-17-25(29)26(20-6-4-3-5-7-20)28-15-14-21-16-23(12-13-24(21)28)31-18-19-8-10-22(30-2)11-9-19;/h3-16,25-27,29H,17-18H2,1-2H3;1H2/t25-,26+;/m1./s1. The third-order valence-electron chi connectivity index (χ3n) is 5.47. The lowest BCUT2D eigenvalue weighted by Gasteiger charge is -2.26. The Balaban J connectivity index is 0.00000289. The van der Waals surface area contributed by atoms with E-state index in [0.29, 0.717) is 13.2 Å². The van der Waals surface area contributed by atoms with Crippen LogP contribution in [0.25, 0.3) is 10.9 Å². The fourth-order valence-corrected chi connectivity index (χ4v) is 3.90. The van der Waals surface area contributed by atoms with Gasteiger partial charge < -0.3 is 24.5 Å². The molecule has 6 heteroatoms. The SMILES string of the molecule is CNC[C@@H](O)[C@H](c1ccccc1)n1ccc2cc(OCc3ccc(OC)cc3)ccc21.S. The molecule has 0 bridgehead atoms. The number of hydrogen-bond acceptors (Lipinski definition) is 4. The predicted octanol–water partition coefficient (Wildman–Crippen LogP) is 4.51. The van der Waals surface area contributed by atoms with Crippen molar-refractivity contribution >= 4 is 24.4 Å². The highest BCUT2D eigenvalue weighted by Crippen LogP contribution is 2.30. The molecule has 3 aromatic carbocycles. The van der Waals surface area contributed by atoms with E-state index >= 15 is 0 Å². The third-order valence-corrected chi connectivity index (χ3v) is 5.47. The number of aliphatic hydroxyl groups excluding tert-OH is 1. The van der Waals surface area contributed by atoms with Crippen LogP contribution in [0.1, 0.15) is 17.2 Å². The first kappa shape index (κ1) is 23.7. The number of hydrogen-bond donors (Lipinski definition) is 2. The number of rotatable bonds is 9. The molecule has 32 heavy (non-hydrogen) atoms. The fraction of sp³-hybridized carbons (Fsp3) is 0.231. The monoisotopic (exact) mass is 450 g/mol. The summed E-state index contributed by atoms with van der Waals surface area (Å²) in [7, 11) is 3.51. The van der Waals surface area contributed by atoms with Crippen molar-refractivity contribution in [3.8, 4) is 11.5 Å². The van der Waals surface area contributed by atoms with Gasteiger partial charge in [-0.3, -0.25) is 0 Å². The molecule has 0 aliphatic heterocycles. The van der Waals surface area contributed by atoms with Crippen LogP contribution in [0.15, 0.2) is 85.1 Å². The van der Waals surface area contributed by atoms with E-state index in [4.69, 9.17) is 9.47 Å².